The zero-order valence-electron chi connectivity index (χ0n) is 11.8. The first kappa shape index (κ1) is 13.5. The van der Waals surface area contributed by atoms with Crippen LogP contribution in [-0.2, 0) is 6.42 Å². The molecule has 0 aliphatic carbocycles. The number of nitrogens with one attached hydrogen (secondary N) is 1. The Morgan fingerprint density at radius 1 is 1.35 bits per heavy atom. The Labute approximate surface area is 123 Å². The van der Waals surface area contributed by atoms with E-state index in [1.54, 1.807) is 18.4 Å². The minimum atomic E-state index is 0.109. The van der Waals surface area contributed by atoms with Crippen molar-refractivity contribution in [2.45, 2.75) is 18.9 Å². The van der Waals surface area contributed by atoms with Gasteiger partial charge in [0, 0.05) is 5.56 Å². The summed E-state index contributed by atoms with van der Waals surface area (Å²) in [5.41, 5.74) is 2.51. The third-order valence-corrected chi connectivity index (χ3v) is 4.67. The van der Waals surface area contributed by atoms with Gasteiger partial charge in [-0.05, 0) is 36.9 Å². The fraction of sp³-hybridized carbons (Fsp3) is 0.375. The van der Waals surface area contributed by atoms with E-state index >= 15 is 0 Å². The maximum absolute atomic E-state index is 5.93. The maximum atomic E-state index is 5.93. The van der Waals surface area contributed by atoms with Crippen molar-refractivity contribution in [3.63, 3.8) is 0 Å². The number of aryl methyl sites for hydroxylation is 1. The molecule has 1 unspecified atom stereocenters. The molecule has 0 fully saturated rings. The highest BCUT2D eigenvalue weighted by Crippen LogP contribution is 2.40. The third kappa shape index (κ3) is 2.30. The Morgan fingerprint density at radius 2 is 2.25 bits per heavy atom. The van der Waals surface area contributed by atoms with E-state index in [0.29, 0.717) is 0 Å². The number of fused-ring (bicyclic) bond motifs is 1. The monoisotopic (exact) mass is 289 g/mol. The third-order valence-electron chi connectivity index (χ3n) is 3.70. The maximum Gasteiger partial charge on any atom is 0.134 e. The Balaban J connectivity index is 2.06. The number of hydrogen-bond acceptors (Lipinski definition) is 4. The van der Waals surface area contributed by atoms with E-state index in [-0.39, 0.29) is 6.04 Å². The number of thiophene rings is 1. The van der Waals surface area contributed by atoms with Gasteiger partial charge in [-0.2, -0.15) is 0 Å². The molecule has 0 saturated heterocycles. The molecular formula is C16H19NO2S. The van der Waals surface area contributed by atoms with E-state index in [2.05, 4.69) is 28.9 Å². The molecule has 1 aromatic carbocycles. The molecule has 4 heteroatoms. The van der Waals surface area contributed by atoms with E-state index in [0.717, 1.165) is 30.9 Å². The van der Waals surface area contributed by atoms with Gasteiger partial charge in [0.2, 0.25) is 0 Å². The van der Waals surface area contributed by atoms with Gasteiger partial charge in [-0.3, -0.25) is 0 Å². The lowest BCUT2D eigenvalue weighted by molar-refractivity contribution is 0.283. The number of para-hydroxylation sites is 1. The molecular weight excluding hydrogens is 270 g/mol. The van der Waals surface area contributed by atoms with Crippen LogP contribution < -0.4 is 14.8 Å². The molecule has 0 spiro atoms. The van der Waals surface area contributed by atoms with E-state index in [1.807, 2.05) is 13.1 Å². The zero-order valence-corrected chi connectivity index (χ0v) is 12.6. The minimum Gasteiger partial charge on any atom is -0.496 e. The van der Waals surface area contributed by atoms with Crippen LogP contribution in [0.3, 0.4) is 0 Å². The molecule has 3 nitrogen and oxygen atoms in total. The van der Waals surface area contributed by atoms with E-state index in [1.165, 1.54) is 16.0 Å². The summed E-state index contributed by atoms with van der Waals surface area (Å²) in [7, 11) is 3.70. The van der Waals surface area contributed by atoms with Gasteiger partial charge in [-0.1, -0.05) is 18.2 Å². The molecule has 1 aliphatic heterocycles. The quantitative estimate of drug-likeness (QED) is 0.936. The van der Waals surface area contributed by atoms with Gasteiger partial charge < -0.3 is 14.8 Å². The van der Waals surface area contributed by atoms with Crippen LogP contribution >= 0.6 is 11.3 Å². The first-order valence-electron chi connectivity index (χ1n) is 6.88. The first-order valence-corrected chi connectivity index (χ1v) is 7.76. The number of hydrogen-bond donors (Lipinski definition) is 1. The van der Waals surface area contributed by atoms with Crippen LogP contribution in [0.1, 0.15) is 28.5 Å². The molecule has 1 N–H and O–H groups in total. The van der Waals surface area contributed by atoms with Crippen molar-refractivity contribution >= 4 is 11.3 Å². The van der Waals surface area contributed by atoms with Crippen LogP contribution in [0.2, 0.25) is 0 Å². The highest BCUT2D eigenvalue weighted by atomic mass is 32.1. The standard InChI is InChI=1S/C16H19NO2S/c1-17-14(16-13(18-2)8-10-20-16)12-7-3-5-11-6-4-9-19-15(11)12/h3,5,7-8,10,14,17H,4,6,9H2,1-2H3. The van der Waals surface area contributed by atoms with Gasteiger partial charge in [0.15, 0.2) is 0 Å². The van der Waals surface area contributed by atoms with Crippen LogP contribution in [0.5, 0.6) is 11.5 Å². The molecule has 3 rings (SSSR count). The van der Waals surface area contributed by atoms with Gasteiger partial charge in [0.25, 0.3) is 0 Å². The summed E-state index contributed by atoms with van der Waals surface area (Å²) in [6.07, 6.45) is 2.20. The van der Waals surface area contributed by atoms with Crippen molar-refractivity contribution in [2.75, 3.05) is 20.8 Å². The second-order valence-corrected chi connectivity index (χ2v) is 5.81. The summed E-state index contributed by atoms with van der Waals surface area (Å²) in [6, 6.07) is 8.55. The largest absolute Gasteiger partial charge is 0.496 e. The van der Waals surface area contributed by atoms with E-state index in [4.69, 9.17) is 9.47 Å². The molecule has 0 saturated carbocycles. The average Bonchev–Trinajstić information content (AvgIpc) is 2.97. The van der Waals surface area contributed by atoms with Gasteiger partial charge in [0.05, 0.1) is 24.6 Å². The molecule has 1 atom stereocenters. The molecule has 0 amide bonds. The zero-order chi connectivity index (χ0) is 13.9. The average molecular weight is 289 g/mol. The molecule has 1 aliphatic rings. The predicted molar refractivity (Wildman–Crippen MR) is 82.0 cm³/mol. The fourth-order valence-corrected chi connectivity index (χ4v) is 3.74. The molecule has 2 aromatic rings. The van der Waals surface area contributed by atoms with Crippen LogP contribution in [0.25, 0.3) is 0 Å². The van der Waals surface area contributed by atoms with Crippen LogP contribution in [0.4, 0.5) is 0 Å². The van der Waals surface area contributed by atoms with Gasteiger partial charge in [-0.25, -0.2) is 0 Å². The number of benzene rings is 1. The molecule has 0 radical (unpaired) electrons. The fourth-order valence-electron chi connectivity index (χ4n) is 2.76. The minimum absolute atomic E-state index is 0.109. The molecule has 1 aromatic heterocycles. The summed E-state index contributed by atoms with van der Waals surface area (Å²) in [5.74, 6) is 1.98. The normalized spacial score (nSPS) is 15.3. The Hall–Kier alpha value is -1.52. The second-order valence-electron chi connectivity index (χ2n) is 4.86. The highest BCUT2D eigenvalue weighted by Gasteiger charge is 2.24. The van der Waals surface area contributed by atoms with Crippen LogP contribution in [0.15, 0.2) is 29.6 Å². The van der Waals surface area contributed by atoms with Crippen molar-refractivity contribution in [2.24, 2.45) is 0 Å². The van der Waals surface area contributed by atoms with Crippen molar-refractivity contribution in [1.82, 2.24) is 5.32 Å². The smallest absolute Gasteiger partial charge is 0.134 e. The molecule has 0 bridgehead atoms. The van der Waals surface area contributed by atoms with Crippen LogP contribution in [0, 0.1) is 0 Å². The Kier molecular flexibility index (Phi) is 3.94. The molecule has 2 heterocycles. The Bertz CT molecular complexity index is 594. The topological polar surface area (TPSA) is 30.5 Å². The highest BCUT2D eigenvalue weighted by molar-refractivity contribution is 7.10. The van der Waals surface area contributed by atoms with E-state index < -0.39 is 0 Å². The number of methoxy groups -OCH3 is 1. The van der Waals surface area contributed by atoms with E-state index in [9.17, 15) is 0 Å². The van der Waals surface area contributed by atoms with Crippen molar-refractivity contribution < 1.29 is 9.47 Å². The Morgan fingerprint density at radius 3 is 3.05 bits per heavy atom. The lowest BCUT2D eigenvalue weighted by atomic mass is 9.97. The lowest BCUT2D eigenvalue weighted by Gasteiger charge is -2.25. The SMILES string of the molecule is CNC(c1cccc2c1OCCC2)c1sccc1OC. The summed E-state index contributed by atoms with van der Waals surface area (Å²) >= 11 is 1.71. The van der Waals surface area contributed by atoms with Crippen molar-refractivity contribution in [3.05, 3.63) is 45.6 Å². The lowest BCUT2D eigenvalue weighted by Crippen LogP contribution is -2.20. The second kappa shape index (κ2) is 5.85. The summed E-state index contributed by atoms with van der Waals surface area (Å²) < 4.78 is 11.4. The predicted octanol–water partition coefficient (Wildman–Crippen LogP) is 3.39. The van der Waals surface area contributed by atoms with Gasteiger partial charge >= 0.3 is 0 Å². The van der Waals surface area contributed by atoms with Gasteiger partial charge in [0.1, 0.15) is 11.5 Å². The van der Waals surface area contributed by atoms with Crippen molar-refractivity contribution in [1.29, 1.82) is 0 Å². The van der Waals surface area contributed by atoms with Gasteiger partial charge in [-0.15, -0.1) is 11.3 Å². The molecule has 20 heavy (non-hydrogen) atoms. The van der Waals surface area contributed by atoms with Crippen LogP contribution in [-0.4, -0.2) is 20.8 Å². The molecule has 106 valence electrons. The summed E-state index contributed by atoms with van der Waals surface area (Å²) in [6.45, 7) is 0.808. The van der Waals surface area contributed by atoms with Crippen molar-refractivity contribution in [3.8, 4) is 11.5 Å². The summed E-state index contributed by atoms with van der Waals surface area (Å²) in [4.78, 5) is 1.19. The number of rotatable bonds is 4. The summed E-state index contributed by atoms with van der Waals surface area (Å²) in [5, 5.41) is 5.46. The number of ether oxygens (including phenoxy) is 2. The first-order chi connectivity index (χ1) is 9.85.